The average Bonchev–Trinajstić information content (AvgIpc) is 2.28. The first-order valence-corrected chi connectivity index (χ1v) is 7.20. The summed E-state index contributed by atoms with van der Waals surface area (Å²) in [4.78, 5) is 15.6. The van der Waals surface area contributed by atoms with Crippen molar-refractivity contribution in [3.05, 3.63) is 0 Å². The third kappa shape index (κ3) is 22.8. The molecule has 0 radical (unpaired) electrons. The van der Waals surface area contributed by atoms with Gasteiger partial charge < -0.3 is 14.9 Å². The Hall–Kier alpha value is -0.810. The molecule has 5 heteroatoms. The number of rotatable bonds is 7. The van der Waals surface area contributed by atoms with Crippen molar-refractivity contribution in [1.29, 1.82) is 0 Å². The molecule has 19 heavy (non-hydrogen) atoms. The fraction of sp³-hybridized carbons (Fsp3) is 0.929. The van der Waals surface area contributed by atoms with E-state index in [4.69, 9.17) is 4.74 Å². The summed E-state index contributed by atoms with van der Waals surface area (Å²) >= 11 is 0. The van der Waals surface area contributed by atoms with Crippen LogP contribution in [0.25, 0.3) is 0 Å². The van der Waals surface area contributed by atoms with Crippen LogP contribution in [-0.4, -0.2) is 31.4 Å². The van der Waals surface area contributed by atoms with Crippen molar-refractivity contribution in [1.82, 2.24) is 10.8 Å². The van der Waals surface area contributed by atoms with Crippen molar-refractivity contribution >= 4 is 6.16 Å². The third-order valence-corrected chi connectivity index (χ3v) is 1.93. The van der Waals surface area contributed by atoms with Crippen LogP contribution < -0.4 is 10.8 Å². The molecule has 2 N–H and O–H groups in total. The highest BCUT2D eigenvalue weighted by Crippen LogP contribution is 2.07. The average molecular weight is 276 g/mol. The molecular weight excluding hydrogens is 244 g/mol. The van der Waals surface area contributed by atoms with Crippen molar-refractivity contribution in [2.75, 3.05) is 19.6 Å². The summed E-state index contributed by atoms with van der Waals surface area (Å²) in [5.41, 5.74) is 2.07. The summed E-state index contributed by atoms with van der Waals surface area (Å²) in [5.74, 6) is 0. The zero-order chi connectivity index (χ0) is 15.1. The van der Waals surface area contributed by atoms with Gasteiger partial charge in [-0.15, -0.1) is 5.48 Å². The third-order valence-electron chi connectivity index (χ3n) is 1.93. The van der Waals surface area contributed by atoms with Gasteiger partial charge >= 0.3 is 6.16 Å². The van der Waals surface area contributed by atoms with Gasteiger partial charge in [0.2, 0.25) is 0 Å². The van der Waals surface area contributed by atoms with E-state index < -0.39 is 11.8 Å². The Labute approximate surface area is 118 Å². The van der Waals surface area contributed by atoms with Crippen LogP contribution >= 0.6 is 0 Å². The van der Waals surface area contributed by atoms with Crippen molar-refractivity contribution in [2.24, 2.45) is 0 Å². The predicted octanol–water partition coefficient (Wildman–Crippen LogP) is 3.25. The number of hydroxylamine groups is 1. The van der Waals surface area contributed by atoms with E-state index in [-0.39, 0.29) is 0 Å². The highest BCUT2D eigenvalue weighted by molar-refractivity contribution is 5.60. The Morgan fingerprint density at radius 1 is 1.05 bits per heavy atom. The SMILES string of the molecule is CCCCCNOC(=O)OC(C)(C)C.CCNCC. The summed E-state index contributed by atoms with van der Waals surface area (Å²) in [5, 5.41) is 3.11. The Balaban J connectivity index is 0. The quantitative estimate of drug-likeness (QED) is 0.424. The van der Waals surface area contributed by atoms with Crippen molar-refractivity contribution in [3.8, 4) is 0 Å². The maximum absolute atomic E-state index is 11.0. The molecule has 0 aliphatic rings. The van der Waals surface area contributed by atoms with Gasteiger partial charge in [0, 0.05) is 6.54 Å². The summed E-state index contributed by atoms with van der Waals surface area (Å²) < 4.78 is 4.92. The van der Waals surface area contributed by atoms with Crippen LogP contribution in [-0.2, 0) is 9.57 Å². The molecule has 5 nitrogen and oxygen atoms in total. The molecule has 0 saturated carbocycles. The summed E-state index contributed by atoms with van der Waals surface area (Å²) in [6.45, 7) is 14.6. The van der Waals surface area contributed by atoms with E-state index in [1.54, 1.807) is 20.8 Å². The molecule has 0 saturated heterocycles. The number of ether oxygens (including phenoxy) is 1. The second-order valence-corrected chi connectivity index (χ2v) is 5.13. The zero-order valence-electron chi connectivity index (χ0n) is 13.5. The van der Waals surface area contributed by atoms with Gasteiger partial charge in [-0.3, -0.25) is 0 Å². The first-order valence-electron chi connectivity index (χ1n) is 7.20. The minimum absolute atomic E-state index is 0.498. The summed E-state index contributed by atoms with van der Waals surface area (Å²) in [6.07, 6.45) is 2.60. The van der Waals surface area contributed by atoms with E-state index in [0.717, 1.165) is 32.4 Å². The van der Waals surface area contributed by atoms with E-state index in [1.165, 1.54) is 0 Å². The van der Waals surface area contributed by atoms with Crippen molar-refractivity contribution in [3.63, 3.8) is 0 Å². The molecule has 0 heterocycles. The van der Waals surface area contributed by atoms with Gasteiger partial charge in [0.15, 0.2) is 0 Å². The highest BCUT2D eigenvalue weighted by Gasteiger charge is 2.17. The summed E-state index contributed by atoms with van der Waals surface area (Å²) in [6, 6.07) is 0. The Morgan fingerprint density at radius 3 is 2.00 bits per heavy atom. The monoisotopic (exact) mass is 276 g/mol. The molecule has 0 bridgehead atoms. The van der Waals surface area contributed by atoms with E-state index in [1.807, 2.05) is 0 Å². The predicted molar refractivity (Wildman–Crippen MR) is 79.1 cm³/mol. The van der Waals surface area contributed by atoms with Gasteiger partial charge in [-0.25, -0.2) is 4.79 Å². The smallest absolute Gasteiger partial charge is 0.427 e. The lowest BCUT2D eigenvalue weighted by molar-refractivity contribution is -0.0320. The first-order chi connectivity index (χ1) is 8.87. The fourth-order valence-corrected chi connectivity index (χ4v) is 1.08. The van der Waals surface area contributed by atoms with Crippen molar-refractivity contribution in [2.45, 2.75) is 66.4 Å². The molecule has 0 aromatic carbocycles. The Bertz CT molecular complexity index is 201. The van der Waals surface area contributed by atoms with Gasteiger partial charge in [-0.1, -0.05) is 33.6 Å². The molecule has 0 amide bonds. The van der Waals surface area contributed by atoms with Gasteiger partial charge in [0.25, 0.3) is 0 Å². The second kappa shape index (κ2) is 13.6. The van der Waals surface area contributed by atoms with Gasteiger partial charge in [-0.2, -0.15) is 0 Å². The molecule has 0 aromatic heterocycles. The second-order valence-electron chi connectivity index (χ2n) is 5.13. The van der Waals surface area contributed by atoms with E-state index >= 15 is 0 Å². The number of carbonyl (C=O) groups is 1. The Kier molecular flexibility index (Phi) is 14.7. The molecule has 0 aromatic rings. The molecule has 0 spiro atoms. The lowest BCUT2D eigenvalue weighted by atomic mass is 10.2. The number of hydrogen-bond donors (Lipinski definition) is 2. The fourth-order valence-electron chi connectivity index (χ4n) is 1.08. The molecule has 0 unspecified atom stereocenters. The van der Waals surface area contributed by atoms with Crippen LogP contribution in [0.15, 0.2) is 0 Å². The van der Waals surface area contributed by atoms with Crippen LogP contribution in [0.1, 0.15) is 60.8 Å². The van der Waals surface area contributed by atoms with E-state index in [0.29, 0.717) is 6.54 Å². The molecule has 0 aliphatic carbocycles. The molecule has 116 valence electrons. The maximum Gasteiger partial charge on any atom is 0.528 e. The normalized spacial score (nSPS) is 10.4. The molecule has 0 fully saturated rings. The lowest BCUT2D eigenvalue weighted by Gasteiger charge is -2.18. The highest BCUT2D eigenvalue weighted by atomic mass is 16.8. The number of nitrogens with one attached hydrogen (secondary N) is 2. The Morgan fingerprint density at radius 2 is 1.63 bits per heavy atom. The van der Waals surface area contributed by atoms with Crippen LogP contribution in [0.4, 0.5) is 4.79 Å². The van der Waals surface area contributed by atoms with Gasteiger partial charge in [0.1, 0.15) is 5.60 Å². The molecule has 0 rings (SSSR count). The van der Waals surface area contributed by atoms with E-state index in [2.05, 4.69) is 36.4 Å². The number of hydrogen-bond acceptors (Lipinski definition) is 5. The van der Waals surface area contributed by atoms with E-state index in [9.17, 15) is 4.79 Å². The minimum atomic E-state index is -0.672. The minimum Gasteiger partial charge on any atom is -0.427 e. The van der Waals surface area contributed by atoms with Crippen LogP contribution in [0, 0.1) is 0 Å². The van der Waals surface area contributed by atoms with Gasteiger partial charge in [0.05, 0.1) is 0 Å². The molecular formula is C14H32N2O3. The van der Waals surface area contributed by atoms with Crippen LogP contribution in [0.5, 0.6) is 0 Å². The summed E-state index contributed by atoms with van der Waals surface area (Å²) in [7, 11) is 0. The molecule has 0 atom stereocenters. The zero-order valence-corrected chi connectivity index (χ0v) is 13.5. The van der Waals surface area contributed by atoms with Crippen LogP contribution in [0.3, 0.4) is 0 Å². The number of unbranched alkanes of at least 4 members (excludes halogenated alkanes) is 2. The van der Waals surface area contributed by atoms with Gasteiger partial charge in [-0.05, 0) is 40.3 Å². The number of carbonyl (C=O) groups excluding carboxylic acids is 1. The topological polar surface area (TPSA) is 59.6 Å². The molecule has 0 aliphatic heterocycles. The first kappa shape index (κ1) is 20.5. The lowest BCUT2D eigenvalue weighted by Crippen LogP contribution is -2.29. The standard InChI is InChI=1S/C10H21NO3.C4H11N/c1-5-6-7-8-11-14-9(12)13-10(2,3)4;1-3-5-4-2/h11H,5-8H2,1-4H3;5H,3-4H2,1-2H3. The largest absolute Gasteiger partial charge is 0.528 e. The van der Waals surface area contributed by atoms with Crippen molar-refractivity contribution < 1.29 is 14.4 Å². The van der Waals surface area contributed by atoms with Crippen LogP contribution in [0.2, 0.25) is 0 Å². The maximum atomic E-state index is 11.0.